The molecular formula is C21H15Cl5N4O10S. The largest absolute Gasteiger partial charge is 0.508 e. The van der Waals surface area contributed by atoms with Crippen molar-refractivity contribution in [3.05, 3.63) is 41.1 Å². The summed E-state index contributed by atoms with van der Waals surface area (Å²) < 4.78 is 2.38. The van der Waals surface area contributed by atoms with Crippen LogP contribution in [0.4, 0.5) is 4.79 Å². The minimum atomic E-state index is -2.45. The Morgan fingerprint density at radius 3 is 2.46 bits per heavy atom. The van der Waals surface area contributed by atoms with Gasteiger partial charge in [0.25, 0.3) is 21.5 Å². The molecule has 1 aromatic carbocycles. The Labute approximate surface area is 258 Å². The highest BCUT2D eigenvalue weighted by atomic mass is 35.6. The number of oxime groups is 1. The lowest BCUT2D eigenvalue weighted by molar-refractivity contribution is -0.150. The Bertz CT molecular complexity index is 1370. The van der Waals surface area contributed by atoms with Gasteiger partial charge in [-0.15, -0.1) is 11.8 Å². The van der Waals surface area contributed by atoms with E-state index in [1.165, 1.54) is 18.2 Å². The van der Waals surface area contributed by atoms with Gasteiger partial charge in [-0.25, -0.2) is 14.4 Å². The van der Waals surface area contributed by atoms with E-state index in [0.717, 1.165) is 22.7 Å². The molecule has 1 saturated heterocycles. The number of carbonyl (C=O) groups excluding carboxylic acids is 5. The number of hydrogen-bond acceptors (Lipinski definition) is 11. The Hall–Kier alpha value is -2.95. The first kappa shape index (κ1) is 32.6. The second-order valence-corrected chi connectivity index (χ2v) is 12.3. The fourth-order valence-corrected chi connectivity index (χ4v) is 4.91. The first-order chi connectivity index (χ1) is 19.1. The number of thioether (sulfide) groups is 1. The van der Waals surface area contributed by atoms with Crippen LogP contribution in [0, 0.1) is 0 Å². The van der Waals surface area contributed by atoms with Crippen LogP contribution >= 0.6 is 69.8 Å². The van der Waals surface area contributed by atoms with Crippen molar-refractivity contribution in [1.29, 1.82) is 0 Å². The highest BCUT2D eigenvalue weighted by Gasteiger charge is 2.54. The van der Waals surface area contributed by atoms with Gasteiger partial charge in [-0.1, -0.05) is 75.3 Å². The number of phenols is 1. The van der Waals surface area contributed by atoms with Gasteiger partial charge in [0.15, 0.2) is 5.71 Å². The molecule has 2 aliphatic rings. The molecule has 0 aliphatic carbocycles. The predicted molar refractivity (Wildman–Crippen MR) is 146 cm³/mol. The van der Waals surface area contributed by atoms with Gasteiger partial charge in [0.05, 0.1) is 0 Å². The third-order valence-electron chi connectivity index (χ3n) is 5.13. The molecule has 20 heteroatoms. The van der Waals surface area contributed by atoms with E-state index < -0.39 is 73.8 Å². The summed E-state index contributed by atoms with van der Waals surface area (Å²) in [6.07, 6.45) is -1.33. The molecule has 0 spiro atoms. The zero-order valence-electron chi connectivity index (χ0n) is 19.8. The molecule has 0 bridgehead atoms. The number of halogens is 5. The molecule has 4 amide bonds. The Morgan fingerprint density at radius 1 is 1.20 bits per heavy atom. The van der Waals surface area contributed by atoms with Gasteiger partial charge >= 0.3 is 18.0 Å². The van der Waals surface area contributed by atoms with Crippen molar-refractivity contribution in [3.8, 4) is 5.75 Å². The Balaban J connectivity index is 1.76. The number of nitrogens with zero attached hydrogens (tertiary/aromatic N) is 2. The molecule has 0 saturated carbocycles. The molecule has 1 fully saturated rings. The van der Waals surface area contributed by atoms with Crippen LogP contribution in [0.5, 0.6) is 5.75 Å². The van der Waals surface area contributed by atoms with Crippen molar-refractivity contribution >= 4 is 111 Å². The molecule has 0 aromatic heterocycles. The third kappa shape index (κ3) is 7.87. The number of aromatic hydroxyl groups is 1. The van der Waals surface area contributed by atoms with Crippen molar-refractivity contribution in [1.82, 2.24) is 15.5 Å². The molecule has 2 atom stereocenters. The summed E-state index contributed by atoms with van der Waals surface area (Å²) in [5.41, 5.74) is -1.04. The summed E-state index contributed by atoms with van der Waals surface area (Å²) in [6.45, 7) is -0.636. The number of ether oxygens (including phenoxy) is 1. The smallest absolute Gasteiger partial charge is 0.414 e. The van der Waals surface area contributed by atoms with Gasteiger partial charge in [0.2, 0.25) is 4.84 Å². The Kier molecular flexibility index (Phi) is 10.6. The molecule has 0 radical (unpaired) electrons. The van der Waals surface area contributed by atoms with Gasteiger partial charge in [-0.3, -0.25) is 24.6 Å². The second-order valence-electron chi connectivity index (χ2n) is 7.85. The summed E-state index contributed by atoms with van der Waals surface area (Å²) >= 11 is 27.9. The molecule has 1 aromatic rings. The summed E-state index contributed by atoms with van der Waals surface area (Å²) in [5, 5.41) is 26.1. The fourth-order valence-electron chi connectivity index (χ4n) is 3.37. The van der Waals surface area contributed by atoms with Crippen molar-refractivity contribution in [2.45, 2.75) is 20.0 Å². The lowest BCUT2D eigenvalue weighted by Gasteiger charge is -2.49. The number of rotatable bonds is 8. The summed E-state index contributed by atoms with van der Waals surface area (Å²) in [6, 6.07) is 3.90. The number of carboxylic acids is 1. The summed E-state index contributed by atoms with van der Waals surface area (Å²) in [7, 11) is 0. The quantitative estimate of drug-likeness (QED) is 0.102. The number of β-lactam (4-membered cyclic amide) rings is 1. The number of nitrogens with one attached hydrogen (secondary N) is 2. The van der Waals surface area contributed by atoms with E-state index in [-0.39, 0.29) is 22.6 Å². The third-order valence-corrected chi connectivity index (χ3v) is 7.34. The first-order valence-corrected chi connectivity index (χ1v) is 13.8. The number of benzene rings is 1. The number of aliphatic carboxylic acids is 1. The number of alkyl halides is 5. The molecule has 4 N–H and O–H groups in total. The maximum atomic E-state index is 13.1. The van der Waals surface area contributed by atoms with Gasteiger partial charge in [0.1, 0.15) is 29.5 Å². The van der Waals surface area contributed by atoms with Crippen LogP contribution in [-0.2, 0) is 33.5 Å². The summed E-state index contributed by atoms with van der Waals surface area (Å²) in [4.78, 5) is 76.9. The van der Waals surface area contributed by atoms with E-state index in [1.54, 1.807) is 5.32 Å². The molecule has 41 heavy (non-hydrogen) atoms. The molecule has 1 unspecified atom stereocenters. The number of carboxylic acid groups (broad SMARTS) is 1. The first-order valence-electron chi connectivity index (χ1n) is 10.7. The standard InChI is InChI=1S/C21H15Cl5N4O10S/c22-13(23)18(36)40-29-10(7-2-1-3-9(31)4-7)14(32)27-11-15(33)30-12(17(34)35)8(6-41-16(11)30)5-39-20(38)28-19(37)21(24,25)26/h1-4,11,13,16,31H,5-6H2,(H,27,32)(H,34,35)(H,28,37,38)/t11?,16-/m1/s1. The normalized spacial score (nSPS) is 18.7. The number of hydrogen-bond donors (Lipinski definition) is 4. The monoisotopic (exact) mass is 690 g/mol. The molecule has 14 nitrogen and oxygen atoms in total. The minimum absolute atomic E-state index is 0.000938. The van der Waals surface area contributed by atoms with Gasteiger partial charge in [0, 0.05) is 16.9 Å². The molecule has 2 heterocycles. The van der Waals surface area contributed by atoms with Crippen molar-refractivity contribution in [2.24, 2.45) is 5.16 Å². The van der Waals surface area contributed by atoms with Crippen LogP contribution in [0.3, 0.4) is 0 Å². The molecule has 3 rings (SSSR count). The van der Waals surface area contributed by atoms with E-state index in [4.69, 9.17) is 62.7 Å². The van der Waals surface area contributed by atoms with Gasteiger partial charge in [-0.05, 0) is 12.1 Å². The van der Waals surface area contributed by atoms with Gasteiger partial charge < -0.3 is 25.1 Å². The van der Waals surface area contributed by atoms with Crippen LogP contribution in [-0.4, -0.2) is 89.0 Å². The average molecular weight is 693 g/mol. The van der Waals surface area contributed by atoms with Gasteiger partial charge in [-0.2, -0.15) is 0 Å². The number of alkyl carbamates (subject to hydrolysis) is 1. The van der Waals surface area contributed by atoms with E-state index in [1.807, 2.05) is 0 Å². The van der Waals surface area contributed by atoms with E-state index in [9.17, 15) is 39.0 Å². The zero-order valence-corrected chi connectivity index (χ0v) is 24.4. The van der Waals surface area contributed by atoms with Crippen molar-refractivity contribution < 1.29 is 48.6 Å². The number of carbonyl (C=O) groups is 6. The lowest BCUT2D eigenvalue weighted by atomic mass is 10.0. The zero-order chi connectivity index (χ0) is 30.6. The molecule has 220 valence electrons. The average Bonchev–Trinajstić information content (AvgIpc) is 2.89. The van der Waals surface area contributed by atoms with Crippen LogP contribution in [0.1, 0.15) is 5.56 Å². The number of fused-ring (bicyclic) bond motifs is 1. The van der Waals surface area contributed by atoms with Crippen molar-refractivity contribution in [2.75, 3.05) is 12.4 Å². The Morgan fingerprint density at radius 2 is 1.88 bits per heavy atom. The molecular weight excluding hydrogens is 678 g/mol. The maximum absolute atomic E-state index is 13.1. The van der Waals surface area contributed by atoms with E-state index in [0.29, 0.717) is 0 Å². The van der Waals surface area contributed by atoms with E-state index in [2.05, 4.69) is 15.3 Å². The van der Waals surface area contributed by atoms with Crippen LogP contribution in [0.25, 0.3) is 0 Å². The SMILES string of the molecule is O=C(NC(=O)C(Cl)(Cl)Cl)OCC1=C(C(=O)O)N2C(=O)C(NC(=O)C(=NOC(=O)C(Cl)Cl)c3cccc(O)c3)[C@H]2SC1. The topological polar surface area (TPSA) is 201 Å². The predicted octanol–water partition coefficient (Wildman–Crippen LogP) is 1.80. The number of amides is 4. The number of phenolic OH excluding ortho intramolecular Hbond substituents is 1. The number of imide groups is 1. The highest BCUT2D eigenvalue weighted by Crippen LogP contribution is 2.40. The summed E-state index contributed by atoms with van der Waals surface area (Å²) in [5.74, 6) is -6.22. The minimum Gasteiger partial charge on any atom is -0.508 e. The van der Waals surface area contributed by atoms with E-state index >= 15 is 0 Å². The second kappa shape index (κ2) is 13.4. The lowest BCUT2D eigenvalue weighted by Crippen LogP contribution is -2.71. The highest BCUT2D eigenvalue weighted by molar-refractivity contribution is 8.00. The van der Waals surface area contributed by atoms with Crippen LogP contribution in [0.2, 0.25) is 0 Å². The van der Waals surface area contributed by atoms with Crippen molar-refractivity contribution in [3.63, 3.8) is 0 Å². The van der Waals surface area contributed by atoms with Crippen LogP contribution in [0.15, 0.2) is 40.7 Å². The fraction of sp³-hybridized carbons (Fsp3) is 0.286. The molecule has 2 aliphatic heterocycles. The maximum Gasteiger partial charge on any atom is 0.414 e. The van der Waals surface area contributed by atoms with Crippen LogP contribution < -0.4 is 10.6 Å².